The maximum absolute atomic E-state index is 13.0. The highest BCUT2D eigenvalue weighted by Gasteiger charge is 2.21. The summed E-state index contributed by atoms with van der Waals surface area (Å²) in [4.78, 5) is 12.1. The first kappa shape index (κ1) is 15.3. The van der Waals surface area contributed by atoms with E-state index in [0.29, 0.717) is 18.0 Å². The van der Waals surface area contributed by atoms with Crippen LogP contribution in [0.2, 0.25) is 5.02 Å². The first-order chi connectivity index (χ1) is 9.99. The van der Waals surface area contributed by atoms with Crippen LogP contribution in [0.1, 0.15) is 19.1 Å². The van der Waals surface area contributed by atoms with Crippen LogP contribution in [-0.4, -0.2) is 17.2 Å². The number of hydrogen-bond acceptors (Lipinski definition) is 4. The number of halogens is 2. The molecule has 112 valence electrons. The van der Waals surface area contributed by atoms with Gasteiger partial charge in [0.2, 0.25) is 0 Å². The number of aryl methyl sites for hydroxylation is 1. The van der Waals surface area contributed by atoms with Crippen molar-refractivity contribution in [2.45, 2.75) is 26.4 Å². The lowest BCUT2D eigenvalue weighted by Crippen LogP contribution is -2.32. The molecule has 1 aromatic heterocycles. The highest BCUT2D eigenvalue weighted by molar-refractivity contribution is 6.32. The summed E-state index contributed by atoms with van der Waals surface area (Å²) in [5.41, 5.74) is 0. The molecule has 0 saturated carbocycles. The van der Waals surface area contributed by atoms with Gasteiger partial charge in [-0.1, -0.05) is 23.7 Å². The van der Waals surface area contributed by atoms with Crippen LogP contribution in [0.4, 0.5) is 10.2 Å². The molecule has 2 aromatic rings. The second-order valence-electron chi connectivity index (χ2n) is 4.40. The fourth-order valence-electron chi connectivity index (χ4n) is 1.68. The minimum Gasteiger partial charge on any atom is -0.479 e. The standard InChI is InChI=1S/C14H14ClFN2O3/c1-3-11(14(19)17-13-6-8(2)21-18-13)20-12-5-4-9(16)7-10(12)15/h4-7,11H,3H2,1-2H3,(H,17,18,19). The molecule has 1 heterocycles. The Hall–Kier alpha value is -2.08. The largest absolute Gasteiger partial charge is 0.479 e. The summed E-state index contributed by atoms with van der Waals surface area (Å²) in [5.74, 6) is 0.288. The lowest BCUT2D eigenvalue weighted by atomic mass is 10.2. The zero-order valence-corrected chi connectivity index (χ0v) is 12.3. The number of anilines is 1. The van der Waals surface area contributed by atoms with Gasteiger partial charge in [-0.2, -0.15) is 0 Å². The van der Waals surface area contributed by atoms with E-state index < -0.39 is 11.9 Å². The molecule has 1 unspecified atom stereocenters. The molecule has 0 bridgehead atoms. The number of nitrogens with zero attached hydrogens (tertiary/aromatic N) is 1. The number of ether oxygens (including phenoxy) is 1. The maximum Gasteiger partial charge on any atom is 0.266 e. The molecular weight excluding hydrogens is 299 g/mol. The number of amides is 1. The van der Waals surface area contributed by atoms with Gasteiger partial charge in [0.25, 0.3) is 5.91 Å². The monoisotopic (exact) mass is 312 g/mol. The first-order valence-electron chi connectivity index (χ1n) is 6.35. The third-order valence-electron chi connectivity index (χ3n) is 2.71. The molecule has 0 fully saturated rings. The van der Waals surface area contributed by atoms with Gasteiger partial charge in [0.1, 0.15) is 17.3 Å². The molecule has 0 aliphatic heterocycles. The third kappa shape index (κ3) is 3.95. The van der Waals surface area contributed by atoms with Crippen molar-refractivity contribution >= 4 is 23.3 Å². The summed E-state index contributed by atoms with van der Waals surface area (Å²) in [6, 6.07) is 5.32. The Morgan fingerprint density at radius 3 is 2.86 bits per heavy atom. The second kappa shape index (κ2) is 6.58. The molecule has 0 radical (unpaired) electrons. The van der Waals surface area contributed by atoms with E-state index in [-0.39, 0.29) is 16.7 Å². The molecule has 1 atom stereocenters. The van der Waals surface area contributed by atoms with Gasteiger partial charge in [-0.3, -0.25) is 4.79 Å². The zero-order chi connectivity index (χ0) is 15.4. The van der Waals surface area contributed by atoms with E-state index in [1.165, 1.54) is 12.1 Å². The number of nitrogens with one attached hydrogen (secondary N) is 1. The summed E-state index contributed by atoms with van der Waals surface area (Å²) >= 11 is 5.87. The molecule has 0 spiro atoms. The van der Waals surface area contributed by atoms with E-state index in [1.54, 1.807) is 19.9 Å². The van der Waals surface area contributed by atoms with Gasteiger partial charge in [0.15, 0.2) is 11.9 Å². The van der Waals surface area contributed by atoms with E-state index in [9.17, 15) is 9.18 Å². The minimum absolute atomic E-state index is 0.110. The van der Waals surface area contributed by atoms with Crippen LogP contribution in [0.5, 0.6) is 5.75 Å². The predicted octanol–water partition coefficient (Wildman–Crippen LogP) is 3.57. The number of aromatic nitrogens is 1. The van der Waals surface area contributed by atoms with E-state index in [1.807, 2.05) is 0 Å². The molecule has 1 aromatic carbocycles. The van der Waals surface area contributed by atoms with Gasteiger partial charge in [-0.15, -0.1) is 0 Å². The van der Waals surface area contributed by atoms with Crippen molar-refractivity contribution in [2.75, 3.05) is 5.32 Å². The lowest BCUT2D eigenvalue weighted by Gasteiger charge is -2.17. The van der Waals surface area contributed by atoms with Crippen LogP contribution in [0.3, 0.4) is 0 Å². The molecular formula is C14H14ClFN2O3. The molecule has 21 heavy (non-hydrogen) atoms. The Balaban J connectivity index is 2.06. The fraction of sp³-hybridized carbons (Fsp3) is 0.286. The molecule has 1 amide bonds. The Bertz CT molecular complexity index is 645. The van der Waals surface area contributed by atoms with Gasteiger partial charge < -0.3 is 14.6 Å². The summed E-state index contributed by atoms with van der Waals surface area (Å²) < 4.78 is 23.4. The minimum atomic E-state index is -0.773. The maximum atomic E-state index is 13.0. The van der Waals surface area contributed by atoms with Crippen LogP contribution in [-0.2, 0) is 4.79 Å². The van der Waals surface area contributed by atoms with Crippen molar-refractivity contribution in [3.05, 3.63) is 40.9 Å². The van der Waals surface area contributed by atoms with Crippen LogP contribution >= 0.6 is 11.6 Å². The Morgan fingerprint density at radius 2 is 2.29 bits per heavy atom. The third-order valence-corrected chi connectivity index (χ3v) is 3.00. The quantitative estimate of drug-likeness (QED) is 0.916. The van der Waals surface area contributed by atoms with E-state index in [2.05, 4.69) is 10.5 Å². The Morgan fingerprint density at radius 1 is 1.52 bits per heavy atom. The number of carbonyl (C=O) groups is 1. The van der Waals surface area contributed by atoms with Crippen LogP contribution in [0.25, 0.3) is 0 Å². The van der Waals surface area contributed by atoms with Gasteiger partial charge in [0, 0.05) is 6.07 Å². The van der Waals surface area contributed by atoms with Crippen molar-refractivity contribution in [3.8, 4) is 5.75 Å². The zero-order valence-electron chi connectivity index (χ0n) is 11.5. The first-order valence-corrected chi connectivity index (χ1v) is 6.73. The summed E-state index contributed by atoms with van der Waals surface area (Å²) in [6.07, 6.45) is -0.360. The molecule has 1 N–H and O–H groups in total. The van der Waals surface area contributed by atoms with Gasteiger partial charge in [0.05, 0.1) is 5.02 Å². The number of rotatable bonds is 5. The second-order valence-corrected chi connectivity index (χ2v) is 4.81. The highest BCUT2D eigenvalue weighted by atomic mass is 35.5. The average molecular weight is 313 g/mol. The normalized spacial score (nSPS) is 12.0. The molecule has 5 nitrogen and oxygen atoms in total. The van der Waals surface area contributed by atoms with E-state index in [4.69, 9.17) is 20.9 Å². The van der Waals surface area contributed by atoms with Gasteiger partial charge in [-0.05, 0) is 31.5 Å². The summed E-state index contributed by atoms with van der Waals surface area (Å²) in [6.45, 7) is 3.50. The molecule has 0 saturated heterocycles. The van der Waals surface area contributed by atoms with Crippen molar-refractivity contribution in [1.82, 2.24) is 5.16 Å². The number of benzene rings is 1. The van der Waals surface area contributed by atoms with Gasteiger partial charge >= 0.3 is 0 Å². The lowest BCUT2D eigenvalue weighted by molar-refractivity contribution is -0.122. The van der Waals surface area contributed by atoms with Crippen molar-refractivity contribution in [1.29, 1.82) is 0 Å². The van der Waals surface area contributed by atoms with E-state index >= 15 is 0 Å². The summed E-state index contributed by atoms with van der Waals surface area (Å²) in [7, 11) is 0. The van der Waals surface area contributed by atoms with Crippen LogP contribution in [0, 0.1) is 12.7 Å². The molecule has 0 aliphatic rings. The molecule has 0 aliphatic carbocycles. The predicted molar refractivity (Wildman–Crippen MR) is 76.0 cm³/mol. The Kier molecular flexibility index (Phi) is 4.80. The van der Waals surface area contributed by atoms with Crippen molar-refractivity contribution in [2.24, 2.45) is 0 Å². The molecule has 7 heteroatoms. The molecule has 2 rings (SSSR count). The number of carbonyl (C=O) groups excluding carboxylic acids is 1. The highest BCUT2D eigenvalue weighted by Crippen LogP contribution is 2.26. The Labute approximate surface area is 126 Å². The van der Waals surface area contributed by atoms with E-state index in [0.717, 1.165) is 6.07 Å². The fourth-order valence-corrected chi connectivity index (χ4v) is 1.89. The van der Waals surface area contributed by atoms with Crippen molar-refractivity contribution < 1.29 is 18.4 Å². The summed E-state index contributed by atoms with van der Waals surface area (Å²) in [5, 5.41) is 6.36. The SMILES string of the molecule is CCC(Oc1ccc(F)cc1Cl)C(=O)Nc1cc(C)on1. The topological polar surface area (TPSA) is 64.4 Å². The average Bonchev–Trinajstić information content (AvgIpc) is 2.83. The van der Waals surface area contributed by atoms with Crippen LogP contribution < -0.4 is 10.1 Å². The smallest absolute Gasteiger partial charge is 0.266 e. The number of hydrogen-bond donors (Lipinski definition) is 1. The van der Waals surface area contributed by atoms with Crippen molar-refractivity contribution in [3.63, 3.8) is 0 Å². The van der Waals surface area contributed by atoms with Gasteiger partial charge in [-0.25, -0.2) is 4.39 Å². The van der Waals surface area contributed by atoms with Crippen LogP contribution in [0.15, 0.2) is 28.8 Å².